The number of carbonyl (C=O) groups is 1. The lowest BCUT2D eigenvalue weighted by molar-refractivity contribution is 0.0606. The third-order valence-electron chi connectivity index (χ3n) is 4.19. The van der Waals surface area contributed by atoms with Gasteiger partial charge in [0.15, 0.2) is 4.67 Å². The van der Waals surface area contributed by atoms with Gasteiger partial charge in [0, 0.05) is 19.1 Å². The first kappa shape index (κ1) is 13.2. The lowest BCUT2D eigenvalue weighted by Gasteiger charge is -2.37. The van der Waals surface area contributed by atoms with Gasteiger partial charge >= 0.3 is 0 Å². The Morgan fingerprint density at radius 1 is 1.26 bits per heavy atom. The quantitative estimate of drug-likeness (QED) is 0.838. The number of halogens is 1. The number of amides is 1. The van der Waals surface area contributed by atoms with Gasteiger partial charge in [-0.2, -0.15) is 0 Å². The second-order valence-electron chi connectivity index (χ2n) is 5.40. The van der Waals surface area contributed by atoms with E-state index in [1.165, 1.54) is 32.4 Å². The molecule has 3 rings (SSSR count). The number of hydrogen-bond donors (Lipinski definition) is 0. The fourth-order valence-electron chi connectivity index (χ4n) is 3.16. The van der Waals surface area contributed by atoms with Crippen LogP contribution < -0.4 is 0 Å². The molecule has 2 fully saturated rings. The lowest BCUT2D eigenvalue weighted by atomic mass is 10.0. The van der Waals surface area contributed by atoms with Gasteiger partial charge in [0.2, 0.25) is 0 Å². The van der Waals surface area contributed by atoms with Gasteiger partial charge in [-0.15, -0.1) is 0 Å². The second kappa shape index (κ2) is 5.67. The molecule has 0 bridgehead atoms. The molecule has 0 spiro atoms. The van der Waals surface area contributed by atoms with E-state index in [1.54, 1.807) is 12.3 Å². The normalized spacial score (nSPS) is 24.9. The molecular weight excluding hydrogens is 308 g/mol. The summed E-state index contributed by atoms with van der Waals surface area (Å²) in [5, 5.41) is 0. The van der Waals surface area contributed by atoms with Crippen molar-refractivity contribution < 1.29 is 9.21 Å². The molecule has 1 atom stereocenters. The van der Waals surface area contributed by atoms with E-state index in [2.05, 4.69) is 20.8 Å². The predicted molar refractivity (Wildman–Crippen MR) is 76.1 cm³/mol. The standard InChI is InChI=1S/C14H19BrN2O2/c15-13-12(5-9-19-13)14(18)17-8-3-4-11(10-17)16-6-1-2-7-16/h5,9,11H,1-4,6-8,10H2. The fourth-order valence-corrected chi connectivity index (χ4v) is 3.57. The SMILES string of the molecule is O=C(c1ccoc1Br)N1CCCC(N2CCCC2)C1. The molecule has 1 amide bonds. The van der Waals surface area contributed by atoms with Crippen molar-refractivity contribution in [3.05, 3.63) is 22.6 Å². The Labute approximate surface area is 121 Å². The third kappa shape index (κ3) is 2.72. The molecule has 0 saturated carbocycles. The highest BCUT2D eigenvalue weighted by atomic mass is 79.9. The summed E-state index contributed by atoms with van der Waals surface area (Å²) in [6.07, 6.45) is 6.48. The van der Waals surface area contributed by atoms with Crippen molar-refractivity contribution in [1.29, 1.82) is 0 Å². The number of piperidine rings is 1. The van der Waals surface area contributed by atoms with Crippen LogP contribution >= 0.6 is 15.9 Å². The Hall–Kier alpha value is -0.810. The van der Waals surface area contributed by atoms with Crippen LogP contribution in [0.1, 0.15) is 36.0 Å². The smallest absolute Gasteiger partial charge is 0.258 e. The number of furan rings is 1. The lowest BCUT2D eigenvalue weighted by Crippen LogP contribution is -2.48. The minimum atomic E-state index is 0.0875. The van der Waals surface area contributed by atoms with Crippen LogP contribution in [0, 0.1) is 0 Å². The van der Waals surface area contributed by atoms with E-state index in [1.807, 2.05) is 4.90 Å². The molecule has 2 aliphatic rings. The van der Waals surface area contributed by atoms with Crippen LogP contribution in [-0.4, -0.2) is 47.9 Å². The topological polar surface area (TPSA) is 36.7 Å². The first-order valence-corrected chi connectivity index (χ1v) is 7.81. The molecule has 104 valence electrons. The summed E-state index contributed by atoms with van der Waals surface area (Å²) in [7, 11) is 0. The van der Waals surface area contributed by atoms with Gasteiger partial charge in [-0.25, -0.2) is 0 Å². The largest absolute Gasteiger partial charge is 0.457 e. The molecule has 1 aromatic rings. The first-order chi connectivity index (χ1) is 9.25. The van der Waals surface area contributed by atoms with Gasteiger partial charge in [0.05, 0.1) is 11.8 Å². The highest BCUT2D eigenvalue weighted by molar-refractivity contribution is 9.10. The average Bonchev–Trinajstić information content (AvgIpc) is 3.09. The maximum atomic E-state index is 12.5. The highest BCUT2D eigenvalue weighted by Crippen LogP contribution is 2.24. The Kier molecular flexibility index (Phi) is 3.93. The summed E-state index contributed by atoms with van der Waals surface area (Å²) in [5.41, 5.74) is 0.641. The molecule has 4 nitrogen and oxygen atoms in total. The number of hydrogen-bond acceptors (Lipinski definition) is 3. The number of nitrogens with zero attached hydrogens (tertiary/aromatic N) is 2. The zero-order valence-corrected chi connectivity index (χ0v) is 12.6. The molecule has 3 heterocycles. The molecule has 0 aliphatic carbocycles. The van der Waals surface area contributed by atoms with Gasteiger partial charge in [-0.1, -0.05) is 0 Å². The molecule has 0 aromatic carbocycles. The zero-order chi connectivity index (χ0) is 13.2. The zero-order valence-electron chi connectivity index (χ0n) is 11.0. The van der Waals surface area contributed by atoms with Crippen molar-refractivity contribution in [2.24, 2.45) is 0 Å². The van der Waals surface area contributed by atoms with E-state index in [9.17, 15) is 4.79 Å². The van der Waals surface area contributed by atoms with Crippen LogP contribution in [0.3, 0.4) is 0 Å². The summed E-state index contributed by atoms with van der Waals surface area (Å²) < 4.78 is 5.70. The summed E-state index contributed by atoms with van der Waals surface area (Å²) in [6, 6.07) is 2.29. The fraction of sp³-hybridized carbons (Fsp3) is 0.643. The van der Waals surface area contributed by atoms with E-state index in [0.717, 1.165) is 19.5 Å². The highest BCUT2D eigenvalue weighted by Gasteiger charge is 2.30. The maximum absolute atomic E-state index is 12.5. The molecule has 1 aromatic heterocycles. The van der Waals surface area contributed by atoms with Gasteiger partial charge < -0.3 is 9.32 Å². The van der Waals surface area contributed by atoms with Crippen LogP contribution in [0.5, 0.6) is 0 Å². The predicted octanol–water partition coefficient (Wildman–Crippen LogP) is 2.74. The van der Waals surface area contributed by atoms with Crippen molar-refractivity contribution >= 4 is 21.8 Å². The van der Waals surface area contributed by atoms with E-state index in [4.69, 9.17) is 4.42 Å². The Morgan fingerprint density at radius 2 is 2.05 bits per heavy atom. The van der Waals surface area contributed by atoms with Crippen molar-refractivity contribution in [1.82, 2.24) is 9.80 Å². The first-order valence-electron chi connectivity index (χ1n) is 7.02. The Morgan fingerprint density at radius 3 is 2.74 bits per heavy atom. The Balaban J connectivity index is 1.67. The summed E-state index contributed by atoms with van der Waals surface area (Å²) >= 11 is 3.29. The number of likely N-dealkylation sites (tertiary alicyclic amines) is 2. The monoisotopic (exact) mass is 326 g/mol. The molecule has 19 heavy (non-hydrogen) atoms. The van der Waals surface area contributed by atoms with E-state index < -0.39 is 0 Å². The van der Waals surface area contributed by atoms with Gasteiger partial charge in [0.25, 0.3) is 5.91 Å². The molecule has 1 unspecified atom stereocenters. The maximum Gasteiger partial charge on any atom is 0.258 e. The van der Waals surface area contributed by atoms with Gasteiger partial charge in [-0.3, -0.25) is 9.69 Å². The summed E-state index contributed by atoms with van der Waals surface area (Å²) in [6.45, 7) is 4.11. The molecule has 2 saturated heterocycles. The van der Waals surface area contributed by atoms with Crippen LogP contribution in [0.4, 0.5) is 0 Å². The number of rotatable bonds is 2. The van der Waals surface area contributed by atoms with E-state index in [0.29, 0.717) is 16.3 Å². The molecule has 2 aliphatic heterocycles. The summed E-state index contributed by atoms with van der Waals surface area (Å²) in [5.74, 6) is 0.0875. The van der Waals surface area contributed by atoms with E-state index >= 15 is 0 Å². The second-order valence-corrected chi connectivity index (χ2v) is 6.12. The van der Waals surface area contributed by atoms with Crippen LogP contribution in [-0.2, 0) is 0 Å². The van der Waals surface area contributed by atoms with Crippen molar-refractivity contribution in [3.63, 3.8) is 0 Å². The van der Waals surface area contributed by atoms with Crippen molar-refractivity contribution in [3.8, 4) is 0 Å². The summed E-state index contributed by atoms with van der Waals surface area (Å²) in [4.78, 5) is 17.0. The van der Waals surface area contributed by atoms with Crippen LogP contribution in [0.15, 0.2) is 21.4 Å². The molecule has 0 N–H and O–H groups in total. The molecular formula is C14H19BrN2O2. The minimum absolute atomic E-state index is 0.0875. The molecule has 0 radical (unpaired) electrons. The van der Waals surface area contributed by atoms with Gasteiger partial charge in [0.1, 0.15) is 0 Å². The minimum Gasteiger partial charge on any atom is -0.457 e. The Bertz CT molecular complexity index is 454. The van der Waals surface area contributed by atoms with Crippen LogP contribution in [0.25, 0.3) is 0 Å². The van der Waals surface area contributed by atoms with Crippen molar-refractivity contribution in [2.45, 2.75) is 31.7 Å². The van der Waals surface area contributed by atoms with E-state index in [-0.39, 0.29) is 5.91 Å². The van der Waals surface area contributed by atoms with Crippen molar-refractivity contribution in [2.75, 3.05) is 26.2 Å². The molecule has 5 heteroatoms. The number of carbonyl (C=O) groups excluding carboxylic acids is 1. The average molecular weight is 327 g/mol. The van der Waals surface area contributed by atoms with Crippen LogP contribution in [0.2, 0.25) is 0 Å². The third-order valence-corrected chi connectivity index (χ3v) is 4.80. The van der Waals surface area contributed by atoms with Gasteiger partial charge in [-0.05, 0) is 60.8 Å².